The van der Waals surface area contributed by atoms with Crippen molar-refractivity contribution in [3.63, 3.8) is 0 Å². The van der Waals surface area contributed by atoms with Crippen molar-refractivity contribution >= 4 is 5.97 Å². The molecule has 0 bridgehead atoms. The topological polar surface area (TPSA) is 44.8 Å². The number of esters is 1. The van der Waals surface area contributed by atoms with E-state index >= 15 is 0 Å². The van der Waals surface area contributed by atoms with E-state index in [4.69, 9.17) is 14.2 Å². The molecule has 0 fully saturated rings. The molecule has 0 spiro atoms. The van der Waals surface area contributed by atoms with Crippen molar-refractivity contribution in [1.82, 2.24) is 0 Å². The molecule has 0 aliphatic carbocycles. The molecule has 0 N–H and O–H groups in total. The van der Waals surface area contributed by atoms with Crippen molar-refractivity contribution in [3.05, 3.63) is 54.1 Å². The largest absolute Gasteiger partial charge is 0.497 e. The van der Waals surface area contributed by atoms with E-state index in [1.54, 1.807) is 31.4 Å². The number of carbonyl (C=O) groups excluding carboxylic acids is 1. The fourth-order valence-corrected chi connectivity index (χ4v) is 1.87. The molecule has 0 radical (unpaired) electrons. The zero-order chi connectivity index (χ0) is 15.8. The van der Waals surface area contributed by atoms with Gasteiger partial charge in [-0.05, 0) is 49.7 Å². The van der Waals surface area contributed by atoms with Crippen LogP contribution in [0.4, 0.5) is 0 Å². The third kappa shape index (κ3) is 5.13. The second kappa shape index (κ2) is 8.08. The van der Waals surface area contributed by atoms with E-state index in [0.29, 0.717) is 25.2 Å². The maximum atomic E-state index is 11.7. The number of benzene rings is 2. The summed E-state index contributed by atoms with van der Waals surface area (Å²) in [5.41, 5.74) is 1.19. The Morgan fingerprint density at radius 3 is 2.14 bits per heavy atom. The Morgan fingerprint density at radius 2 is 1.50 bits per heavy atom. The van der Waals surface area contributed by atoms with Gasteiger partial charge >= 0.3 is 5.97 Å². The van der Waals surface area contributed by atoms with Gasteiger partial charge < -0.3 is 14.2 Å². The first-order valence-electron chi connectivity index (χ1n) is 7.21. The molecule has 0 unspecified atom stereocenters. The zero-order valence-electron chi connectivity index (χ0n) is 12.9. The van der Waals surface area contributed by atoms with Gasteiger partial charge in [-0.3, -0.25) is 4.79 Å². The molecule has 2 rings (SSSR count). The lowest BCUT2D eigenvalue weighted by atomic mass is 10.2. The summed E-state index contributed by atoms with van der Waals surface area (Å²) in [6, 6.07) is 14.8. The van der Waals surface area contributed by atoms with Crippen LogP contribution in [0.25, 0.3) is 0 Å². The second-order valence-electron chi connectivity index (χ2n) is 4.91. The van der Waals surface area contributed by atoms with Crippen molar-refractivity contribution in [2.75, 3.05) is 13.7 Å². The summed E-state index contributed by atoms with van der Waals surface area (Å²) in [5, 5.41) is 0. The molecule has 0 aromatic heterocycles. The molecule has 4 nitrogen and oxygen atoms in total. The number of carbonyl (C=O) groups is 1. The fourth-order valence-electron chi connectivity index (χ4n) is 1.87. The molecular weight excluding hydrogens is 280 g/mol. The molecule has 22 heavy (non-hydrogen) atoms. The van der Waals surface area contributed by atoms with E-state index < -0.39 is 0 Å². The smallest absolute Gasteiger partial charge is 0.311 e. The average molecular weight is 300 g/mol. The minimum Gasteiger partial charge on any atom is -0.497 e. The minimum atomic E-state index is -0.266. The molecule has 0 aliphatic rings. The first-order chi connectivity index (χ1) is 10.7. The number of methoxy groups -OCH3 is 1. The molecule has 0 saturated heterocycles. The number of hydrogen-bond donors (Lipinski definition) is 0. The van der Waals surface area contributed by atoms with Crippen molar-refractivity contribution < 1.29 is 19.0 Å². The number of ether oxygens (including phenoxy) is 3. The molecule has 4 heteroatoms. The van der Waals surface area contributed by atoms with Crippen molar-refractivity contribution in [2.24, 2.45) is 0 Å². The second-order valence-corrected chi connectivity index (χ2v) is 4.91. The van der Waals surface area contributed by atoms with Crippen LogP contribution in [0.2, 0.25) is 0 Å². The van der Waals surface area contributed by atoms with Crippen LogP contribution < -0.4 is 14.2 Å². The normalized spacial score (nSPS) is 10.1. The number of aryl methyl sites for hydroxylation is 1. The van der Waals surface area contributed by atoms with Gasteiger partial charge in [0.2, 0.25) is 0 Å². The molecule has 0 heterocycles. The SMILES string of the molecule is COc1ccc(OC(=O)CCCOc2ccc(C)cc2)cc1. The molecule has 0 aliphatic heterocycles. The quantitative estimate of drug-likeness (QED) is 0.443. The maximum absolute atomic E-state index is 11.7. The number of rotatable bonds is 7. The predicted molar refractivity (Wildman–Crippen MR) is 84.5 cm³/mol. The summed E-state index contributed by atoms with van der Waals surface area (Å²) in [7, 11) is 1.59. The molecule has 0 amide bonds. The molecule has 2 aromatic carbocycles. The first kappa shape index (κ1) is 15.9. The minimum absolute atomic E-state index is 0.266. The van der Waals surface area contributed by atoms with Gasteiger partial charge in [-0.25, -0.2) is 0 Å². The van der Waals surface area contributed by atoms with Gasteiger partial charge in [-0.15, -0.1) is 0 Å². The summed E-state index contributed by atoms with van der Waals surface area (Å²) < 4.78 is 15.8. The molecule has 2 aromatic rings. The highest BCUT2D eigenvalue weighted by Crippen LogP contribution is 2.17. The van der Waals surface area contributed by atoms with E-state index in [9.17, 15) is 4.79 Å². The van der Waals surface area contributed by atoms with Crippen LogP contribution in [0.3, 0.4) is 0 Å². The van der Waals surface area contributed by atoms with E-state index in [-0.39, 0.29) is 5.97 Å². The monoisotopic (exact) mass is 300 g/mol. The Morgan fingerprint density at radius 1 is 0.909 bits per heavy atom. The van der Waals surface area contributed by atoms with E-state index in [0.717, 1.165) is 11.5 Å². The zero-order valence-corrected chi connectivity index (χ0v) is 12.9. The molecule has 116 valence electrons. The predicted octanol–water partition coefficient (Wildman–Crippen LogP) is 3.77. The molecular formula is C18H20O4. The van der Waals surface area contributed by atoms with E-state index in [1.807, 2.05) is 31.2 Å². The van der Waals surface area contributed by atoms with Crippen LogP contribution in [0.5, 0.6) is 17.2 Å². The van der Waals surface area contributed by atoms with E-state index in [2.05, 4.69) is 0 Å². The Hall–Kier alpha value is -2.49. The van der Waals surface area contributed by atoms with Gasteiger partial charge in [0.15, 0.2) is 0 Å². The van der Waals surface area contributed by atoms with Gasteiger partial charge in [0, 0.05) is 6.42 Å². The third-order valence-corrected chi connectivity index (χ3v) is 3.11. The van der Waals surface area contributed by atoms with Gasteiger partial charge in [0.05, 0.1) is 13.7 Å². The van der Waals surface area contributed by atoms with Gasteiger partial charge in [-0.2, -0.15) is 0 Å². The molecule has 0 saturated carbocycles. The van der Waals surface area contributed by atoms with Gasteiger partial charge in [0.25, 0.3) is 0 Å². The summed E-state index contributed by atoms with van der Waals surface area (Å²) in [5.74, 6) is 1.79. The summed E-state index contributed by atoms with van der Waals surface area (Å²) in [4.78, 5) is 11.7. The Balaban J connectivity index is 1.67. The number of hydrogen-bond acceptors (Lipinski definition) is 4. The highest BCUT2D eigenvalue weighted by molar-refractivity contribution is 5.72. The molecule has 0 atom stereocenters. The van der Waals surface area contributed by atoms with Crippen molar-refractivity contribution in [3.8, 4) is 17.2 Å². The van der Waals surface area contributed by atoms with Crippen molar-refractivity contribution in [2.45, 2.75) is 19.8 Å². The van der Waals surface area contributed by atoms with Gasteiger partial charge in [0.1, 0.15) is 17.2 Å². The fraction of sp³-hybridized carbons (Fsp3) is 0.278. The highest BCUT2D eigenvalue weighted by Gasteiger charge is 2.05. The maximum Gasteiger partial charge on any atom is 0.311 e. The highest BCUT2D eigenvalue weighted by atomic mass is 16.5. The Kier molecular flexibility index (Phi) is 5.83. The lowest BCUT2D eigenvalue weighted by Gasteiger charge is -2.07. The lowest BCUT2D eigenvalue weighted by molar-refractivity contribution is -0.134. The van der Waals surface area contributed by atoms with Crippen molar-refractivity contribution in [1.29, 1.82) is 0 Å². The lowest BCUT2D eigenvalue weighted by Crippen LogP contribution is -2.09. The Bertz CT molecular complexity index is 587. The van der Waals surface area contributed by atoms with Crippen LogP contribution in [-0.2, 0) is 4.79 Å². The standard InChI is InChI=1S/C18H20O4/c1-14-5-7-16(8-6-14)21-13-3-4-18(19)22-17-11-9-15(20-2)10-12-17/h5-12H,3-4,13H2,1-2H3. The Labute approximate surface area is 130 Å². The van der Waals surface area contributed by atoms with Crippen LogP contribution in [0.15, 0.2) is 48.5 Å². The van der Waals surface area contributed by atoms with Crippen LogP contribution >= 0.6 is 0 Å². The summed E-state index contributed by atoms with van der Waals surface area (Å²) in [6.45, 7) is 2.51. The average Bonchev–Trinajstić information content (AvgIpc) is 2.54. The van der Waals surface area contributed by atoms with Gasteiger partial charge in [-0.1, -0.05) is 17.7 Å². The third-order valence-electron chi connectivity index (χ3n) is 3.11. The van der Waals surface area contributed by atoms with Crippen LogP contribution in [0, 0.1) is 6.92 Å². The van der Waals surface area contributed by atoms with Crippen LogP contribution in [0.1, 0.15) is 18.4 Å². The summed E-state index contributed by atoms with van der Waals surface area (Å²) in [6.07, 6.45) is 0.931. The summed E-state index contributed by atoms with van der Waals surface area (Å²) >= 11 is 0. The van der Waals surface area contributed by atoms with E-state index in [1.165, 1.54) is 5.56 Å². The first-order valence-corrected chi connectivity index (χ1v) is 7.21. The van der Waals surface area contributed by atoms with Crippen LogP contribution in [-0.4, -0.2) is 19.7 Å².